The lowest BCUT2D eigenvalue weighted by molar-refractivity contribution is 0.282. The number of aromatic nitrogens is 2. The van der Waals surface area contributed by atoms with Gasteiger partial charge in [-0.1, -0.05) is 6.07 Å². The van der Waals surface area contributed by atoms with Gasteiger partial charge in [-0.15, -0.1) is 0 Å². The van der Waals surface area contributed by atoms with Crippen LogP contribution in [0.1, 0.15) is 30.3 Å². The number of imidazole rings is 1. The molecule has 15 heavy (non-hydrogen) atoms. The van der Waals surface area contributed by atoms with Crippen molar-refractivity contribution in [3.8, 4) is 0 Å². The third kappa shape index (κ3) is 1.35. The van der Waals surface area contributed by atoms with E-state index in [1.165, 1.54) is 18.4 Å². The fourth-order valence-corrected chi connectivity index (χ4v) is 2.16. The third-order valence-corrected chi connectivity index (χ3v) is 3.02. The van der Waals surface area contributed by atoms with Gasteiger partial charge in [0.25, 0.3) is 0 Å². The second-order valence-electron chi connectivity index (χ2n) is 4.24. The molecular weight excluding hydrogens is 188 g/mol. The van der Waals surface area contributed by atoms with Gasteiger partial charge < -0.3 is 9.67 Å². The highest BCUT2D eigenvalue weighted by molar-refractivity contribution is 5.77. The number of hydrogen-bond acceptors (Lipinski definition) is 2. The summed E-state index contributed by atoms with van der Waals surface area (Å²) in [6, 6.07) is 6.68. The number of aliphatic hydroxyl groups excluding tert-OH is 1. The van der Waals surface area contributed by atoms with Crippen LogP contribution in [-0.4, -0.2) is 14.7 Å². The molecule has 3 rings (SSSR count). The van der Waals surface area contributed by atoms with Gasteiger partial charge in [0.2, 0.25) is 0 Å². The summed E-state index contributed by atoms with van der Waals surface area (Å²) in [5, 5.41) is 9.06. The number of hydrogen-bond donors (Lipinski definition) is 1. The molecule has 2 aromatic rings. The molecule has 0 atom stereocenters. The Morgan fingerprint density at radius 2 is 2.27 bits per heavy atom. The molecule has 0 unspecified atom stereocenters. The van der Waals surface area contributed by atoms with Crippen LogP contribution in [0.4, 0.5) is 0 Å². The molecule has 3 heteroatoms. The van der Waals surface area contributed by atoms with E-state index in [1.54, 1.807) is 0 Å². The maximum Gasteiger partial charge on any atom is 0.106 e. The molecule has 0 saturated heterocycles. The number of aliphatic hydroxyl groups is 1. The second-order valence-corrected chi connectivity index (χ2v) is 4.24. The van der Waals surface area contributed by atoms with Crippen LogP contribution in [0.15, 0.2) is 18.2 Å². The topological polar surface area (TPSA) is 38.1 Å². The first-order valence-electron chi connectivity index (χ1n) is 5.38. The molecule has 1 heterocycles. The van der Waals surface area contributed by atoms with E-state index in [4.69, 9.17) is 5.11 Å². The largest absolute Gasteiger partial charge is 0.392 e. The van der Waals surface area contributed by atoms with Crippen LogP contribution in [0, 0.1) is 6.92 Å². The van der Waals surface area contributed by atoms with Crippen LogP contribution in [0.25, 0.3) is 11.0 Å². The Kier molecular flexibility index (Phi) is 1.83. The molecular formula is C12H14N2O. The average molecular weight is 202 g/mol. The summed E-state index contributed by atoms with van der Waals surface area (Å²) in [5.41, 5.74) is 3.14. The van der Waals surface area contributed by atoms with Crippen molar-refractivity contribution in [2.24, 2.45) is 0 Å². The van der Waals surface area contributed by atoms with Gasteiger partial charge >= 0.3 is 0 Å². The molecule has 78 valence electrons. The van der Waals surface area contributed by atoms with Gasteiger partial charge in [0, 0.05) is 6.04 Å². The van der Waals surface area contributed by atoms with E-state index in [1.807, 2.05) is 12.1 Å². The van der Waals surface area contributed by atoms with E-state index in [9.17, 15) is 0 Å². The summed E-state index contributed by atoms with van der Waals surface area (Å²) < 4.78 is 2.32. The van der Waals surface area contributed by atoms with E-state index in [2.05, 4.69) is 22.5 Å². The van der Waals surface area contributed by atoms with E-state index >= 15 is 0 Å². The van der Waals surface area contributed by atoms with Crippen molar-refractivity contribution in [3.63, 3.8) is 0 Å². The first-order valence-corrected chi connectivity index (χ1v) is 5.38. The molecule has 0 bridgehead atoms. The lowest BCUT2D eigenvalue weighted by Gasteiger charge is -2.03. The number of aryl methyl sites for hydroxylation is 1. The molecule has 1 aromatic heterocycles. The lowest BCUT2D eigenvalue weighted by Crippen LogP contribution is -1.96. The van der Waals surface area contributed by atoms with E-state index in [0.717, 1.165) is 16.9 Å². The maximum absolute atomic E-state index is 9.06. The van der Waals surface area contributed by atoms with Crippen molar-refractivity contribution < 1.29 is 5.11 Å². The second kappa shape index (κ2) is 3.07. The average Bonchev–Trinajstić information content (AvgIpc) is 3.00. The quantitative estimate of drug-likeness (QED) is 0.810. The molecule has 0 spiro atoms. The smallest absolute Gasteiger partial charge is 0.106 e. The highest BCUT2D eigenvalue weighted by Gasteiger charge is 2.26. The Labute approximate surface area is 88.4 Å². The molecule has 1 aliphatic rings. The number of nitrogens with zero attached hydrogens (tertiary/aromatic N) is 2. The predicted octanol–water partition coefficient (Wildman–Crippen LogP) is 2.17. The summed E-state index contributed by atoms with van der Waals surface area (Å²) in [4.78, 5) is 4.53. The van der Waals surface area contributed by atoms with Crippen molar-refractivity contribution >= 4 is 11.0 Å². The Hall–Kier alpha value is -1.35. The van der Waals surface area contributed by atoms with Gasteiger partial charge in [0.15, 0.2) is 0 Å². The summed E-state index contributed by atoms with van der Waals surface area (Å²) in [6.45, 7) is 2.14. The lowest BCUT2D eigenvalue weighted by atomic mass is 10.2. The van der Waals surface area contributed by atoms with E-state index in [-0.39, 0.29) is 6.61 Å². The summed E-state index contributed by atoms with van der Waals surface area (Å²) in [7, 11) is 0. The van der Waals surface area contributed by atoms with Crippen molar-refractivity contribution in [1.29, 1.82) is 0 Å². The fourth-order valence-electron chi connectivity index (χ4n) is 2.16. The molecule has 1 aromatic carbocycles. The van der Waals surface area contributed by atoms with Crippen LogP contribution in [0.3, 0.4) is 0 Å². The van der Waals surface area contributed by atoms with Crippen molar-refractivity contribution in [2.45, 2.75) is 32.4 Å². The van der Waals surface area contributed by atoms with Gasteiger partial charge in [-0.25, -0.2) is 4.98 Å². The van der Waals surface area contributed by atoms with Gasteiger partial charge in [-0.3, -0.25) is 0 Å². The van der Waals surface area contributed by atoms with Crippen molar-refractivity contribution in [1.82, 2.24) is 9.55 Å². The minimum Gasteiger partial charge on any atom is -0.392 e. The number of benzene rings is 1. The highest BCUT2D eigenvalue weighted by atomic mass is 16.3. The Bertz CT molecular complexity index is 512. The molecule has 3 nitrogen and oxygen atoms in total. The Morgan fingerprint density at radius 1 is 1.47 bits per heavy atom. The van der Waals surface area contributed by atoms with Crippen LogP contribution in [0.5, 0.6) is 0 Å². The molecule has 0 amide bonds. The van der Waals surface area contributed by atoms with Gasteiger partial charge in [-0.2, -0.15) is 0 Å². The summed E-state index contributed by atoms with van der Waals surface area (Å²) in [5.74, 6) is 1.09. The van der Waals surface area contributed by atoms with Crippen LogP contribution >= 0.6 is 0 Å². The maximum atomic E-state index is 9.06. The zero-order chi connectivity index (χ0) is 10.4. The fraction of sp³-hybridized carbons (Fsp3) is 0.417. The normalized spacial score (nSPS) is 16.1. The molecule has 1 aliphatic carbocycles. The van der Waals surface area contributed by atoms with Gasteiger partial charge in [0.05, 0.1) is 17.6 Å². The number of fused-ring (bicyclic) bond motifs is 1. The standard InChI is InChI=1S/C12H14N2O/c1-8-13-11-6-9(7-15)2-5-12(11)14(8)10-3-4-10/h2,5-6,10,15H,3-4,7H2,1H3. The predicted molar refractivity (Wildman–Crippen MR) is 58.7 cm³/mol. The SMILES string of the molecule is Cc1nc2cc(CO)ccc2n1C1CC1. The first kappa shape index (κ1) is 8.92. The molecule has 1 N–H and O–H groups in total. The zero-order valence-corrected chi connectivity index (χ0v) is 8.77. The minimum absolute atomic E-state index is 0.0886. The van der Waals surface area contributed by atoms with Gasteiger partial charge in [0.1, 0.15) is 5.82 Å². The molecule has 1 saturated carbocycles. The van der Waals surface area contributed by atoms with E-state index in [0.29, 0.717) is 6.04 Å². The molecule has 1 fully saturated rings. The minimum atomic E-state index is 0.0886. The monoisotopic (exact) mass is 202 g/mol. The Morgan fingerprint density at radius 3 is 2.93 bits per heavy atom. The molecule has 0 radical (unpaired) electrons. The van der Waals surface area contributed by atoms with Gasteiger partial charge in [-0.05, 0) is 37.5 Å². The van der Waals surface area contributed by atoms with Crippen LogP contribution < -0.4 is 0 Å². The van der Waals surface area contributed by atoms with Crippen LogP contribution in [-0.2, 0) is 6.61 Å². The number of rotatable bonds is 2. The zero-order valence-electron chi connectivity index (χ0n) is 8.77. The van der Waals surface area contributed by atoms with Crippen molar-refractivity contribution in [3.05, 3.63) is 29.6 Å². The van der Waals surface area contributed by atoms with E-state index < -0.39 is 0 Å². The highest BCUT2D eigenvalue weighted by Crippen LogP contribution is 2.38. The first-order chi connectivity index (χ1) is 7.29. The molecule has 0 aliphatic heterocycles. The summed E-state index contributed by atoms with van der Waals surface area (Å²) >= 11 is 0. The van der Waals surface area contributed by atoms with Crippen molar-refractivity contribution in [2.75, 3.05) is 0 Å². The third-order valence-electron chi connectivity index (χ3n) is 3.02. The van der Waals surface area contributed by atoms with Crippen LogP contribution in [0.2, 0.25) is 0 Å². The summed E-state index contributed by atoms with van der Waals surface area (Å²) in [6.07, 6.45) is 2.54. The Balaban J connectivity index is 2.23.